The predicted molar refractivity (Wildman–Crippen MR) is 113 cm³/mol. The maximum atomic E-state index is 12.3. The molecule has 0 unspecified atom stereocenters. The molecule has 0 bridgehead atoms. The highest BCUT2D eigenvalue weighted by molar-refractivity contribution is 6.32. The van der Waals surface area contributed by atoms with Crippen LogP contribution in [0.2, 0.25) is 5.02 Å². The van der Waals surface area contributed by atoms with Crippen LogP contribution < -0.4 is 14.8 Å². The number of esters is 1. The number of anilines is 1. The van der Waals surface area contributed by atoms with Crippen LogP contribution in [0.1, 0.15) is 31.1 Å². The van der Waals surface area contributed by atoms with Gasteiger partial charge in [-0.2, -0.15) is 0 Å². The van der Waals surface area contributed by atoms with Gasteiger partial charge in [0.15, 0.2) is 19.0 Å². The molecule has 0 heterocycles. The van der Waals surface area contributed by atoms with E-state index in [9.17, 15) is 14.4 Å². The van der Waals surface area contributed by atoms with Crippen molar-refractivity contribution in [2.24, 2.45) is 5.41 Å². The third kappa shape index (κ3) is 6.49. The first-order chi connectivity index (χ1) is 14.1. The van der Waals surface area contributed by atoms with Gasteiger partial charge < -0.3 is 19.5 Å². The summed E-state index contributed by atoms with van der Waals surface area (Å²) in [6, 6.07) is 11.2. The zero-order valence-corrected chi connectivity index (χ0v) is 18.0. The van der Waals surface area contributed by atoms with Crippen LogP contribution in [0.3, 0.4) is 0 Å². The van der Waals surface area contributed by atoms with E-state index in [4.69, 9.17) is 25.8 Å². The lowest BCUT2D eigenvalue weighted by molar-refractivity contribution is -0.129. The Morgan fingerprint density at radius 3 is 2.33 bits per heavy atom. The van der Waals surface area contributed by atoms with Crippen molar-refractivity contribution in [3.8, 4) is 11.5 Å². The quantitative estimate of drug-likeness (QED) is 0.629. The number of rotatable bonds is 8. The summed E-state index contributed by atoms with van der Waals surface area (Å²) in [6.07, 6.45) is 0. The number of nitrogens with one attached hydrogen (secondary N) is 1. The predicted octanol–water partition coefficient (Wildman–Crippen LogP) is 4.14. The highest BCUT2D eigenvalue weighted by Gasteiger charge is 2.23. The van der Waals surface area contributed by atoms with E-state index in [1.54, 1.807) is 57.2 Å². The standard InChI is InChI=1S/C22H24ClNO6/c1-22(2,3)19(25)12-30-21(27)15-7-5-6-8-17(15)29-13-20(26)24-14-9-10-18(28-4)16(23)11-14/h5-11H,12-13H2,1-4H3,(H,24,26). The summed E-state index contributed by atoms with van der Waals surface area (Å²) in [4.78, 5) is 36.5. The third-order valence-electron chi connectivity index (χ3n) is 4.07. The van der Waals surface area contributed by atoms with Crippen LogP contribution >= 0.6 is 11.6 Å². The van der Waals surface area contributed by atoms with E-state index < -0.39 is 17.3 Å². The molecule has 0 spiro atoms. The van der Waals surface area contributed by atoms with Crippen molar-refractivity contribution in [1.29, 1.82) is 0 Å². The van der Waals surface area contributed by atoms with Crippen LogP contribution in [0.5, 0.6) is 11.5 Å². The fraction of sp³-hybridized carbons (Fsp3) is 0.318. The summed E-state index contributed by atoms with van der Waals surface area (Å²) >= 11 is 6.04. The summed E-state index contributed by atoms with van der Waals surface area (Å²) < 4.78 is 15.6. The van der Waals surface area contributed by atoms with Gasteiger partial charge in [-0.1, -0.05) is 44.5 Å². The monoisotopic (exact) mass is 433 g/mol. The highest BCUT2D eigenvalue weighted by Crippen LogP contribution is 2.27. The van der Waals surface area contributed by atoms with E-state index in [1.807, 2.05) is 0 Å². The SMILES string of the molecule is COc1ccc(NC(=O)COc2ccccc2C(=O)OCC(=O)C(C)(C)C)cc1Cl. The molecule has 0 aliphatic rings. The molecule has 0 radical (unpaired) electrons. The Hall–Kier alpha value is -3.06. The second-order valence-electron chi connectivity index (χ2n) is 7.43. The lowest BCUT2D eigenvalue weighted by atomic mass is 9.91. The van der Waals surface area contributed by atoms with Crippen molar-refractivity contribution in [2.45, 2.75) is 20.8 Å². The molecule has 0 saturated carbocycles. The van der Waals surface area contributed by atoms with Gasteiger partial charge in [-0.15, -0.1) is 0 Å². The van der Waals surface area contributed by atoms with Crippen LogP contribution in [0.15, 0.2) is 42.5 Å². The minimum atomic E-state index is -0.703. The second kappa shape index (κ2) is 10.1. The minimum Gasteiger partial charge on any atom is -0.495 e. The Balaban J connectivity index is 1.97. The van der Waals surface area contributed by atoms with Gasteiger partial charge in [0.1, 0.15) is 17.1 Å². The van der Waals surface area contributed by atoms with Crippen molar-refractivity contribution in [3.05, 3.63) is 53.1 Å². The van der Waals surface area contributed by atoms with E-state index in [1.165, 1.54) is 13.2 Å². The summed E-state index contributed by atoms with van der Waals surface area (Å²) in [7, 11) is 1.49. The number of ether oxygens (including phenoxy) is 3. The van der Waals surface area contributed by atoms with Crippen molar-refractivity contribution >= 4 is 34.9 Å². The van der Waals surface area contributed by atoms with E-state index >= 15 is 0 Å². The number of para-hydroxylation sites is 1. The van der Waals surface area contributed by atoms with Gasteiger partial charge in [-0.3, -0.25) is 9.59 Å². The molecule has 1 amide bonds. The van der Waals surface area contributed by atoms with Crippen LogP contribution in [0.4, 0.5) is 5.69 Å². The molecular formula is C22H24ClNO6. The van der Waals surface area contributed by atoms with Crippen molar-refractivity contribution in [3.63, 3.8) is 0 Å². The normalized spacial score (nSPS) is 10.8. The zero-order valence-electron chi connectivity index (χ0n) is 17.3. The van der Waals surface area contributed by atoms with Gasteiger partial charge in [0, 0.05) is 11.1 Å². The van der Waals surface area contributed by atoms with Crippen LogP contribution in [-0.2, 0) is 14.3 Å². The first-order valence-electron chi connectivity index (χ1n) is 9.17. The molecule has 7 nitrogen and oxygen atoms in total. The highest BCUT2D eigenvalue weighted by atomic mass is 35.5. The van der Waals surface area contributed by atoms with E-state index in [-0.39, 0.29) is 30.3 Å². The molecule has 30 heavy (non-hydrogen) atoms. The fourth-order valence-corrected chi connectivity index (χ4v) is 2.53. The Bertz CT molecular complexity index is 935. The Kier molecular flexibility index (Phi) is 7.83. The van der Waals surface area contributed by atoms with Gasteiger partial charge in [-0.05, 0) is 30.3 Å². The minimum absolute atomic E-state index is 0.125. The lowest BCUT2D eigenvalue weighted by Crippen LogP contribution is -2.26. The van der Waals surface area contributed by atoms with E-state index in [2.05, 4.69) is 5.32 Å². The number of carbonyl (C=O) groups excluding carboxylic acids is 3. The van der Waals surface area contributed by atoms with Gasteiger partial charge in [0.05, 0.1) is 12.1 Å². The summed E-state index contributed by atoms with van der Waals surface area (Å²) in [5, 5.41) is 3.00. The number of ketones is 1. The number of methoxy groups -OCH3 is 1. The molecule has 2 aromatic rings. The average Bonchev–Trinajstić information content (AvgIpc) is 2.70. The first kappa shape index (κ1) is 23.2. The number of Topliss-reactive ketones (excluding diaryl/α,β-unsaturated/α-hetero) is 1. The molecule has 0 saturated heterocycles. The van der Waals surface area contributed by atoms with E-state index in [0.717, 1.165) is 0 Å². The molecular weight excluding hydrogens is 410 g/mol. The number of hydrogen-bond acceptors (Lipinski definition) is 6. The third-order valence-corrected chi connectivity index (χ3v) is 4.37. The maximum absolute atomic E-state index is 12.3. The smallest absolute Gasteiger partial charge is 0.342 e. The zero-order chi connectivity index (χ0) is 22.3. The lowest BCUT2D eigenvalue weighted by Gasteiger charge is -2.16. The van der Waals surface area contributed by atoms with Gasteiger partial charge in [-0.25, -0.2) is 4.79 Å². The molecule has 0 aliphatic heterocycles. The van der Waals surface area contributed by atoms with Gasteiger partial charge in [0.25, 0.3) is 5.91 Å². The summed E-state index contributed by atoms with van der Waals surface area (Å²) in [5.41, 5.74) is -0.0130. The van der Waals surface area contributed by atoms with Gasteiger partial charge >= 0.3 is 5.97 Å². The summed E-state index contributed by atoms with van der Waals surface area (Å²) in [6.45, 7) is 4.56. The summed E-state index contributed by atoms with van der Waals surface area (Å²) in [5.74, 6) is -0.684. The number of amides is 1. The molecule has 160 valence electrons. The van der Waals surface area contributed by atoms with E-state index in [0.29, 0.717) is 16.5 Å². The van der Waals surface area contributed by atoms with Gasteiger partial charge in [0.2, 0.25) is 0 Å². The van der Waals surface area contributed by atoms with Crippen LogP contribution in [0, 0.1) is 5.41 Å². The topological polar surface area (TPSA) is 90.9 Å². The van der Waals surface area contributed by atoms with Crippen molar-refractivity contribution < 1.29 is 28.6 Å². The average molecular weight is 434 g/mol. The number of benzene rings is 2. The molecule has 0 aromatic heterocycles. The Morgan fingerprint density at radius 1 is 1.00 bits per heavy atom. The van der Waals surface area contributed by atoms with Crippen molar-refractivity contribution in [2.75, 3.05) is 25.6 Å². The molecule has 0 atom stereocenters. The molecule has 2 rings (SSSR count). The molecule has 0 aliphatic carbocycles. The molecule has 8 heteroatoms. The van der Waals surface area contributed by atoms with Crippen LogP contribution in [0.25, 0.3) is 0 Å². The molecule has 1 N–H and O–H groups in total. The molecule has 2 aromatic carbocycles. The number of hydrogen-bond donors (Lipinski definition) is 1. The second-order valence-corrected chi connectivity index (χ2v) is 7.84. The number of carbonyl (C=O) groups is 3. The maximum Gasteiger partial charge on any atom is 0.342 e. The fourth-order valence-electron chi connectivity index (χ4n) is 2.27. The van der Waals surface area contributed by atoms with Crippen LogP contribution in [-0.4, -0.2) is 38.0 Å². The first-order valence-corrected chi connectivity index (χ1v) is 9.55. The largest absolute Gasteiger partial charge is 0.495 e. The Labute approximate surface area is 180 Å². The molecule has 0 fully saturated rings. The van der Waals surface area contributed by atoms with Crippen molar-refractivity contribution in [1.82, 2.24) is 0 Å². The number of halogens is 1. The Morgan fingerprint density at radius 2 is 1.70 bits per heavy atom.